The van der Waals surface area contributed by atoms with Crippen molar-refractivity contribution < 1.29 is 9.18 Å². The predicted molar refractivity (Wildman–Crippen MR) is 129 cm³/mol. The van der Waals surface area contributed by atoms with Crippen molar-refractivity contribution in [2.75, 3.05) is 5.32 Å². The van der Waals surface area contributed by atoms with Gasteiger partial charge in [-0.05, 0) is 61.4 Å². The van der Waals surface area contributed by atoms with Crippen molar-refractivity contribution in [2.24, 2.45) is 0 Å². The number of thioether (sulfide) groups is 1. The average molecular weight is 462 g/mol. The fraction of sp³-hybridized carbons (Fsp3) is 0.160. The number of carbonyl (C=O) groups is 1. The highest BCUT2D eigenvalue weighted by Crippen LogP contribution is 2.25. The van der Waals surface area contributed by atoms with Gasteiger partial charge in [-0.15, -0.1) is 10.2 Å². The van der Waals surface area contributed by atoms with Gasteiger partial charge in [-0.25, -0.2) is 9.18 Å². The molecule has 0 saturated carbocycles. The van der Waals surface area contributed by atoms with Crippen molar-refractivity contribution in [3.63, 3.8) is 0 Å². The van der Waals surface area contributed by atoms with Crippen LogP contribution in [0.4, 0.5) is 14.9 Å². The number of nitrogens with zero attached hydrogens (tertiary/aromatic N) is 3. The summed E-state index contributed by atoms with van der Waals surface area (Å²) in [5.41, 5.74) is 4.82. The van der Waals surface area contributed by atoms with Crippen LogP contribution in [-0.2, 0) is 12.3 Å². The summed E-state index contributed by atoms with van der Waals surface area (Å²) in [6.07, 6.45) is 0. The van der Waals surface area contributed by atoms with Crippen molar-refractivity contribution in [2.45, 2.75) is 31.3 Å². The van der Waals surface area contributed by atoms with Gasteiger partial charge in [0.1, 0.15) is 5.82 Å². The highest BCUT2D eigenvalue weighted by Gasteiger charge is 2.16. The third kappa shape index (κ3) is 5.98. The van der Waals surface area contributed by atoms with E-state index in [0.29, 0.717) is 16.7 Å². The van der Waals surface area contributed by atoms with Gasteiger partial charge >= 0.3 is 6.03 Å². The first-order chi connectivity index (χ1) is 16.0. The van der Waals surface area contributed by atoms with Crippen molar-refractivity contribution >= 4 is 23.5 Å². The minimum atomic E-state index is -0.320. The van der Waals surface area contributed by atoms with E-state index in [2.05, 4.69) is 20.8 Å². The summed E-state index contributed by atoms with van der Waals surface area (Å²) in [6, 6.07) is 21.7. The summed E-state index contributed by atoms with van der Waals surface area (Å²) in [5, 5.41) is 15.1. The SMILES string of the molecule is Cc1ccc(-n2c(CNC(=O)Nc3cccc(C)c3)nnc2SCc2ccc(F)cc2)cc1. The fourth-order valence-corrected chi connectivity index (χ4v) is 4.17. The van der Waals surface area contributed by atoms with Gasteiger partial charge in [0.25, 0.3) is 0 Å². The first-order valence-electron chi connectivity index (χ1n) is 10.5. The molecule has 0 aliphatic heterocycles. The van der Waals surface area contributed by atoms with Crippen LogP contribution < -0.4 is 10.6 Å². The van der Waals surface area contributed by atoms with E-state index in [1.165, 1.54) is 23.9 Å². The topological polar surface area (TPSA) is 71.8 Å². The molecule has 0 aliphatic rings. The third-order valence-electron chi connectivity index (χ3n) is 4.96. The zero-order chi connectivity index (χ0) is 23.2. The minimum Gasteiger partial charge on any atom is -0.331 e. The number of nitrogens with one attached hydrogen (secondary N) is 2. The standard InChI is InChI=1S/C25H24FN5OS/c1-17-6-12-22(13-7-17)31-23(15-27-24(32)28-21-5-3-4-18(2)14-21)29-30-25(31)33-16-19-8-10-20(26)11-9-19/h3-14H,15-16H2,1-2H3,(H2,27,28,32). The van der Waals surface area contributed by atoms with Crippen molar-refractivity contribution in [1.29, 1.82) is 0 Å². The summed E-state index contributed by atoms with van der Waals surface area (Å²) < 4.78 is 15.1. The molecule has 0 saturated heterocycles. The lowest BCUT2D eigenvalue weighted by Crippen LogP contribution is -2.29. The van der Waals surface area contributed by atoms with E-state index in [1.807, 2.05) is 66.9 Å². The number of aryl methyl sites for hydroxylation is 2. The zero-order valence-corrected chi connectivity index (χ0v) is 19.2. The van der Waals surface area contributed by atoms with Gasteiger partial charge < -0.3 is 10.6 Å². The summed E-state index contributed by atoms with van der Waals surface area (Å²) in [6.45, 7) is 4.20. The normalized spacial score (nSPS) is 10.8. The van der Waals surface area contributed by atoms with Gasteiger partial charge in [-0.2, -0.15) is 0 Å². The molecule has 4 rings (SSSR count). The van der Waals surface area contributed by atoms with E-state index in [9.17, 15) is 9.18 Å². The Balaban J connectivity index is 1.51. The van der Waals surface area contributed by atoms with Crippen LogP contribution in [0.1, 0.15) is 22.5 Å². The van der Waals surface area contributed by atoms with Gasteiger partial charge in [0.05, 0.1) is 6.54 Å². The van der Waals surface area contributed by atoms with Gasteiger partial charge in [0.2, 0.25) is 0 Å². The second-order valence-corrected chi connectivity index (χ2v) is 8.60. The molecule has 0 bridgehead atoms. The second kappa shape index (κ2) is 10.3. The van der Waals surface area contributed by atoms with E-state index in [-0.39, 0.29) is 18.4 Å². The van der Waals surface area contributed by atoms with Gasteiger partial charge in [-0.3, -0.25) is 4.57 Å². The molecule has 3 aromatic carbocycles. The molecule has 0 radical (unpaired) electrons. The number of anilines is 1. The van der Waals surface area contributed by atoms with Gasteiger partial charge in [-0.1, -0.05) is 53.7 Å². The number of urea groups is 1. The molecule has 33 heavy (non-hydrogen) atoms. The van der Waals surface area contributed by atoms with Crippen LogP contribution in [0.25, 0.3) is 5.69 Å². The number of hydrogen-bond acceptors (Lipinski definition) is 4. The first kappa shape index (κ1) is 22.5. The van der Waals surface area contributed by atoms with Crippen molar-refractivity contribution in [3.05, 3.63) is 101 Å². The molecule has 8 heteroatoms. The molecule has 4 aromatic rings. The molecule has 1 heterocycles. The molecule has 0 spiro atoms. The minimum absolute atomic E-state index is 0.204. The molecular weight excluding hydrogens is 437 g/mol. The number of carbonyl (C=O) groups excluding carboxylic acids is 1. The van der Waals surface area contributed by atoms with Crippen LogP contribution in [0.15, 0.2) is 78.0 Å². The summed E-state index contributed by atoms with van der Waals surface area (Å²) in [5.74, 6) is 0.967. The van der Waals surface area contributed by atoms with E-state index >= 15 is 0 Å². The van der Waals surface area contributed by atoms with E-state index in [0.717, 1.165) is 28.1 Å². The predicted octanol–water partition coefficient (Wildman–Crippen LogP) is 5.64. The molecule has 0 unspecified atom stereocenters. The quantitative estimate of drug-likeness (QED) is 0.350. The third-order valence-corrected chi connectivity index (χ3v) is 5.96. The molecule has 2 N–H and O–H groups in total. The van der Waals surface area contributed by atoms with Crippen molar-refractivity contribution in [3.8, 4) is 5.69 Å². The van der Waals surface area contributed by atoms with Crippen LogP contribution in [0.3, 0.4) is 0 Å². The number of amides is 2. The smallest absolute Gasteiger partial charge is 0.319 e. The highest BCUT2D eigenvalue weighted by atomic mass is 32.2. The molecule has 0 aliphatic carbocycles. The zero-order valence-electron chi connectivity index (χ0n) is 18.4. The Morgan fingerprint density at radius 2 is 1.73 bits per heavy atom. The van der Waals surface area contributed by atoms with E-state index in [1.54, 1.807) is 12.1 Å². The van der Waals surface area contributed by atoms with Crippen LogP contribution in [0.2, 0.25) is 0 Å². The van der Waals surface area contributed by atoms with Crippen LogP contribution in [0.5, 0.6) is 0 Å². The first-order valence-corrected chi connectivity index (χ1v) is 11.5. The monoisotopic (exact) mass is 461 g/mol. The Morgan fingerprint density at radius 1 is 0.970 bits per heavy atom. The number of rotatable bonds is 7. The highest BCUT2D eigenvalue weighted by molar-refractivity contribution is 7.98. The van der Waals surface area contributed by atoms with E-state index < -0.39 is 0 Å². The maximum Gasteiger partial charge on any atom is 0.319 e. The fourth-order valence-electron chi connectivity index (χ4n) is 3.25. The summed E-state index contributed by atoms with van der Waals surface area (Å²) in [7, 11) is 0. The van der Waals surface area contributed by atoms with Crippen molar-refractivity contribution in [1.82, 2.24) is 20.1 Å². The Labute approximate surface area is 196 Å². The molecule has 168 valence electrons. The Kier molecular flexibility index (Phi) is 7.04. The van der Waals surface area contributed by atoms with Crippen LogP contribution in [0, 0.1) is 19.7 Å². The van der Waals surface area contributed by atoms with Crippen LogP contribution >= 0.6 is 11.8 Å². The van der Waals surface area contributed by atoms with Gasteiger partial charge in [0.15, 0.2) is 11.0 Å². The second-order valence-electron chi connectivity index (χ2n) is 7.66. The molecule has 6 nitrogen and oxygen atoms in total. The van der Waals surface area contributed by atoms with E-state index in [4.69, 9.17) is 0 Å². The molecule has 0 fully saturated rings. The van der Waals surface area contributed by atoms with Crippen LogP contribution in [-0.4, -0.2) is 20.8 Å². The molecule has 0 atom stereocenters. The largest absolute Gasteiger partial charge is 0.331 e. The average Bonchev–Trinajstić information content (AvgIpc) is 3.21. The number of halogens is 1. The summed E-state index contributed by atoms with van der Waals surface area (Å²) in [4.78, 5) is 12.4. The maximum atomic E-state index is 13.2. The Morgan fingerprint density at radius 3 is 2.45 bits per heavy atom. The Hall–Kier alpha value is -3.65. The molecule has 1 aromatic heterocycles. The lowest BCUT2D eigenvalue weighted by atomic mass is 10.2. The Bertz CT molecular complexity index is 1240. The molecule has 2 amide bonds. The lowest BCUT2D eigenvalue weighted by Gasteiger charge is -2.12. The maximum absolute atomic E-state index is 13.2. The number of benzene rings is 3. The van der Waals surface area contributed by atoms with Gasteiger partial charge in [0, 0.05) is 17.1 Å². The molecular formula is C25H24FN5OS. The summed E-state index contributed by atoms with van der Waals surface area (Å²) >= 11 is 1.50. The number of aromatic nitrogens is 3. The lowest BCUT2D eigenvalue weighted by molar-refractivity contribution is 0.251. The number of hydrogen-bond donors (Lipinski definition) is 2.